The number of methoxy groups -OCH3 is 1. The molecule has 1 rings (SSSR count). The largest absolute Gasteiger partial charge is 0.389 e. The first-order valence-electron chi connectivity index (χ1n) is 6.58. The second-order valence-corrected chi connectivity index (χ2v) is 5.16. The number of aliphatic hydroxyl groups is 1. The van der Waals surface area contributed by atoms with Gasteiger partial charge in [-0.05, 0) is 32.4 Å². The van der Waals surface area contributed by atoms with Gasteiger partial charge in [0.2, 0.25) is 0 Å². The van der Waals surface area contributed by atoms with Gasteiger partial charge in [-0.3, -0.25) is 0 Å². The fourth-order valence-corrected chi connectivity index (χ4v) is 2.65. The molecule has 3 nitrogen and oxygen atoms in total. The van der Waals surface area contributed by atoms with Crippen molar-refractivity contribution in [2.24, 2.45) is 5.92 Å². The van der Waals surface area contributed by atoms with Crippen molar-refractivity contribution in [3.63, 3.8) is 0 Å². The highest BCUT2D eigenvalue weighted by atomic mass is 16.5. The summed E-state index contributed by atoms with van der Waals surface area (Å²) in [7, 11) is 3.71. The third-order valence-corrected chi connectivity index (χ3v) is 3.51. The molecule has 1 atom stereocenters. The molecule has 1 N–H and O–H groups in total. The highest BCUT2D eigenvalue weighted by molar-refractivity contribution is 4.68. The summed E-state index contributed by atoms with van der Waals surface area (Å²) in [6.45, 7) is 2.25. The minimum absolute atomic E-state index is 0.346. The zero-order valence-electron chi connectivity index (χ0n) is 10.8. The Morgan fingerprint density at radius 2 is 2.06 bits per heavy atom. The molecule has 1 unspecified atom stereocenters. The van der Waals surface area contributed by atoms with Crippen LogP contribution in [0.1, 0.15) is 38.5 Å². The summed E-state index contributed by atoms with van der Waals surface area (Å²) in [5.74, 6) is 0.984. The van der Waals surface area contributed by atoms with Crippen LogP contribution in [-0.2, 0) is 4.74 Å². The maximum absolute atomic E-state index is 9.56. The molecule has 0 aliphatic heterocycles. The Morgan fingerprint density at radius 3 is 2.69 bits per heavy atom. The first-order chi connectivity index (χ1) is 7.72. The molecule has 96 valence electrons. The molecule has 0 spiro atoms. The van der Waals surface area contributed by atoms with Crippen LogP contribution in [-0.4, -0.2) is 50.0 Å². The van der Waals surface area contributed by atoms with Gasteiger partial charge in [0, 0.05) is 13.7 Å². The van der Waals surface area contributed by atoms with E-state index in [1.807, 2.05) is 0 Å². The Bertz CT molecular complexity index is 169. The minimum atomic E-state index is -0.346. The topological polar surface area (TPSA) is 32.7 Å². The second-order valence-electron chi connectivity index (χ2n) is 5.16. The fraction of sp³-hybridized carbons (Fsp3) is 1.00. The van der Waals surface area contributed by atoms with Crippen molar-refractivity contribution < 1.29 is 9.84 Å². The lowest BCUT2D eigenvalue weighted by molar-refractivity contribution is 0.0428. The maximum atomic E-state index is 9.56. The molecule has 1 aliphatic carbocycles. The number of ether oxygens (including phenoxy) is 1. The Kier molecular flexibility index (Phi) is 7.01. The van der Waals surface area contributed by atoms with Gasteiger partial charge >= 0.3 is 0 Å². The van der Waals surface area contributed by atoms with E-state index in [1.54, 1.807) is 7.11 Å². The van der Waals surface area contributed by atoms with Gasteiger partial charge in [-0.25, -0.2) is 0 Å². The average Bonchev–Trinajstić information content (AvgIpc) is 2.70. The van der Waals surface area contributed by atoms with Crippen LogP contribution in [0.25, 0.3) is 0 Å². The monoisotopic (exact) mass is 229 g/mol. The summed E-state index contributed by atoms with van der Waals surface area (Å²) in [6, 6.07) is 0. The van der Waals surface area contributed by atoms with Gasteiger partial charge < -0.3 is 14.7 Å². The van der Waals surface area contributed by atoms with Crippen LogP contribution in [0.5, 0.6) is 0 Å². The number of hydrogen-bond donors (Lipinski definition) is 1. The average molecular weight is 229 g/mol. The van der Waals surface area contributed by atoms with Crippen LogP contribution >= 0.6 is 0 Å². The van der Waals surface area contributed by atoms with E-state index in [1.165, 1.54) is 38.5 Å². The molecule has 0 aromatic rings. The number of rotatable bonds is 8. The lowest BCUT2D eigenvalue weighted by atomic mass is 10.0. The third kappa shape index (κ3) is 5.83. The summed E-state index contributed by atoms with van der Waals surface area (Å²) in [4.78, 5) is 2.21. The fourth-order valence-electron chi connectivity index (χ4n) is 2.65. The van der Waals surface area contributed by atoms with Crippen molar-refractivity contribution in [2.75, 3.05) is 33.9 Å². The van der Waals surface area contributed by atoms with E-state index < -0.39 is 0 Å². The molecule has 0 saturated heterocycles. The molecule has 1 fully saturated rings. The van der Waals surface area contributed by atoms with Gasteiger partial charge in [-0.2, -0.15) is 0 Å². The Balaban J connectivity index is 1.98. The SMILES string of the molecule is COCC(O)CN(C)CCCC1CCCC1. The van der Waals surface area contributed by atoms with Gasteiger partial charge in [0.15, 0.2) is 0 Å². The Hall–Kier alpha value is -0.120. The predicted molar refractivity (Wildman–Crippen MR) is 66.6 cm³/mol. The number of nitrogens with zero attached hydrogens (tertiary/aromatic N) is 1. The minimum Gasteiger partial charge on any atom is -0.389 e. The normalized spacial score (nSPS) is 19.5. The molecule has 16 heavy (non-hydrogen) atoms. The highest BCUT2D eigenvalue weighted by Crippen LogP contribution is 2.28. The Labute approximate surface area is 99.8 Å². The van der Waals surface area contributed by atoms with E-state index in [0.717, 1.165) is 19.0 Å². The van der Waals surface area contributed by atoms with Crippen molar-refractivity contribution in [3.8, 4) is 0 Å². The maximum Gasteiger partial charge on any atom is 0.0899 e. The van der Waals surface area contributed by atoms with Crippen LogP contribution in [0, 0.1) is 5.92 Å². The van der Waals surface area contributed by atoms with Crippen molar-refractivity contribution >= 4 is 0 Å². The smallest absolute Gasteiger partial charge is 0.0899 e. The van der Waals surface area contributed by atoms with E-state index in [9.17, 15) is 5.11 Å². The molecular formula is C13H27NO2. The molecule has 1 saturated carbocycles. The summed E-state index contributed by atoms with van der Waals surface area (Å²) in [6.07, 6.45) is 8.04. The van der Waals surface area contributed by atoms with Gasteiger partial charge in [-0.15, -0.1) is 0 Å². The zero-order valence-corrected chi connectivity index (χ0v) is 10.8. The zero-order chi connectivity index (χ0) is 11.8. The molecule has 0 heterocycles. The number of hydrogen-bond acceptors (Lipinski definition) is 3. The molecule has 1 aliphatic rings. The van der Waals surface area contributed by atoms with Gasteiger partial charge in [0.05, 0.1) is 12.7 Å². The van der Waals surface area contributed by atoms with Crippen LogP contribution in [0.15, 0.2) is 0 Å². The molecule has 0 bridgehead atoms. The lowest BCUT2D eigenvalue weighted by Gasteiger charge is -2.20. The molecule has 0 aromatic heterocycles. The third-order valence-electron chi connectivity index (χ3n) is 3.51. The predicted octanol–water partition coefficient (Wildman–Crippen LogP) is 1.90. The Morgan fingerprint density at radius 1 is 1.38 bits per heavy atom. The molecule has 0 radical (unpaired) electrons. The van der Waals surface area contributed by atoms with Crippen molar-refractivity contribution in [3.05, 3.63) is 0 Å². The van der Waals surface area contributed by atoms with E-state index in [4.69, 9.17) is 4.74 Å². The van der Waals surface area contributed by atoms with E-state index in [0.29, 0.717) is 6.61 Å². The standard InChI is InChI=1S/C13H27NO2/c1-14(10-13(15)11-16-2)9-5-8-12-6-3-4-7-12/h12-13,15H,3-11H2,1-2H3. The van der Waals surface area contributed by atoms with Crippen LogP contribution in [0.3, 0.4) is 0 Å². The number of aliphatic hydroxyl groups excluding tert-OH is 1. The van der Waals surface area contributed by atoms with E-state index in [-0.39, 0.29) is 6.10 Å². The second kappa shape index (κ2) is 8.04. The molecule has 0 amide bonds. The lowest BCUT2D eigenvalue weighted by Crippen LogP contribution is -2.32. The molecule has 0 aromatic carbocycles. The highest BCUT2D eigenvalue weighted by Gasteiger charge is 2.14. The first-order valence-corrected chi connectivity index (χ1v) is 6.58. The van der Waals surface area contributed by atoms with E-state index >= 15 is 0 Å². The van der Waals surface area contributed by atoms with Crippen molar-refractivity contribution in [2.45, 2.75) is 44.6 Å². The number of likely N-dealkylation sites (N-methyl/N-ethyl adjacent to an activating group) is 1. The van der Waals surface area contributed by atoms with Crippen LogP contribution < -0.4 is 0 Å². The summed E-state index contributed by atoms with van der Waals surface area (Å²) < 4.78 is 4.91. The van der Waals surface area contributed by atoms with Crippen molar-refractivity contribution in [1.29, 1.82) is 0 Å². The van der Waals surface area contributed by atoms with Crippen LogP contribution in [0.2, 0.25) is 0 Å². The first kappa shape index (κ1) is 13.9. The summed E-state index contributed by atoms with van der Waals surface area (Å²) >= 11 is 0. The quantitative estimate of drug-likeness (QED) is 0.690. The van der Waals surface area contributed by atoms with E-state index in [2.05, 4.69) is 11.9 Å². The van der Waals surface area contributed by atoms with Gasteiger partial charge in [0.1, 0.15) is 0 Å². The van der Waals surface area contributed by atoms with Crippen LogP contribution in [0.4, 0.5) is 0 Å². The summed E-state index contributed by atoms with van der Waals surface area (Å²) in [5.41, 5.74) is 0. The van der Waals surface area contributed by atoms with Crippen molar-refractivity contribution in [1.82, 2.24) is 4.90 Å². The molecule has 3 heteroatoms. The summed E-state index contributed by atoms with van der Waals surface area (Å²) in [5, 5.41) is 9.56. The van der Waals surface area contributed by atoms with Gasteiger partial charge in [-0.1, -0.05) is 25.7 Å². The molecular weight excluding hydrogens is 202 g/mol. The van der Waals surface area contributed by atoms with Gasteiger partial charge in [0.25, 0.3) is 0 Å².